The topological polar surface area (TPSA) is 99.0 Å². The van der Waals surface area contributed by atoms with Gasteiger partial charge in [0.05, 0.1) is 11.9 Å². The summed E-state index contributed by atoms with van der Waals surface area (Å²) in [6, 6.07) is 7.30. The van der Waals surface area contributed by atoms with E-state index in [-0.39, 0.29) is 18.1 Å². The van der Waals surface area contributed by atoms with Crippen LogP contribution in [0.3, 0.4) is 0 Å². The molecule has 110 valence electrons. The van der Waals surface area contributed by atoms with Gasteiger partial charge < -0.3 is 4.74 Å². The van der Waals surface area contributed by atoms with E-state index in [1.807, 2.05) is 0 Å². The van der Waals surface area contributed by atoms with Crippen LogP contribution in [0.5, 0.6) is 5.75 Å². The molecule has 1 aromatic carbocycles. The Morgan fingerprint density at radius 1 is 1.45 bits per heavy atom. The van der Waals surface area contributed by atoms with Crippen molar-refractivity contribution in [3.63, 3.8) is 0 Å². The van der Waals surface area contributed by atoms with E-state index in [9.17, 15) is 4.39 Å². The summed E-state index contributed by atoms with van der Waals surface area (Å²) >= 11 is 0. The number of ether oxygens (including phenoxy) is 1. The molecular formula is C14H11FN6O. The lowest BCUT2D eigenvalue weighted by Gasteiger charge is -2.07. The lowest BCUT2D eigenvalue weighted by atomic mass is 10.3. The van der Waals surface area contributed by atoms with Crippen molar-refractivity contribution in [1.82, 2.24) is 9.78 Å². The van der Waals surface area contributed by atoms with Crippen molar-refractivity contribution >= 4 is 11.4 Å². The fraction of sp³-hybridized carbons (Fsp3) is 0.143. The van der Waals surface area contributed by atoms with Gasteiger partial charge in [-0.1, -0.05) is 0 Å². The highest BCUT2D eigenvalue weighted by Gasteiger charge is 2.06. The van der Waals surface area contributed by atoms with Gasteiger partial charge in [0.2, 0.25) is 5.71 Å². The second kappa shape index (κ2) is 6.86. The third-order valence-electron chi connectivity index (χ3n) is 2.59. The number of aryl methyl sites for hydroxylation is 1. The van der Waals surface area contributed by atoms with Crippen molar-refractivity contribution in [1.29, 1.82) is 10.5 Å². The van der Waals surface area contributed by atoms with Gasteiger partial charge in [0.15, 0.2) is 11.6 Å². The molecule has 0 saturated heterocycles. The number of hydrazone groups is 1. The second-order valence-corrected chi connectivity index (χ2v) is 4.25. The number of nitriles is 2. The molecule has 0 aliphatic heterocycles. The van der Waals surface area contributed by atoms with E-state index in [0.717, 1.165) is 11.6 Å². The molecule has 0 fully saturated rings. The number of hydrogen-bond acceptors (Lipinski definition) is 6. The fourth-order valence-electron chi connectivity index (χ4n) is 1.59. The Morgan fingerprint density at radius 3 is 2.82 bits per heavy atom. The molecule has 0 aliphatic carbocycles. The van der Waals surface area contributed by atoms with Gasteiger partial charge in [-0.25, -0.2) is 4.39 Å². The highest BCUT2D eigenvalue weighted by molar-refractivity contribution is 6.10. The van der Waals surface area contributed by atoms with Crippen molar-refractivity contribution in [2.75, 3.05) is 5.43 Å². The quantitative estimate of drug-likeness (QED) is 0.672. The van der Waals surface area contributed by atoms with Crippen LogP contribution in [0.1, 0.15) is 5.56 Å². The standard InChI is InChI=1S/C14H11FN6O/c1-21-8-10(7-18-21)9-22-14-3-2-11(4-13(14)15)19-20-12(5-16)6-17/h2-4,7-8,19H,9H2,1H3. The Bertz CT molecular complexity index is 767. The maximum Gasteiger partial charge on any atom is 0.237 e. The first-order valence-corrected chi connectivity index (χ1v) is 6.16. The summed E-state index contributed by atoms with van der Waals surface area (Å²) < 4.78 is 20.9. The number of anilines is 1. The Morgan fingerprint density at radius 2 is 2.23 bits per heavy atom. The predicted octanol–water partition coefficient (Wildman–Crippen LogP) is 1.95. The summed E-state index contributed by atoms with van der Waals surface area (Å²) in [4.78, 5) is 0. The summed E-state index contributed by atoms with van der Waals surface area (Å²) in [6.45, 7) is 0.197. The van der Waals surface area contributed by atoms with Crippen molar-refractivity contribution in [3.8, 4) is 17.9 Å². The minimum atomic E-state index is -0.584. The molecule has 8 heteroatoms. The van der Waals surface area contributed by atoms with E-state index in [0.29, 0.717) is 5.69 Å². The maximum atomic E-state index is 13.9. The van der Waals surface area contributed by atoms with Crippen molar-refractivity contribution in [2.45, 2.75) is 6.61 Å². The molecule has 0 bridgehead atoms. The molecule has 2 rings (SSSR count). The molecule has 0 atom stereocenters. The van der Waals surface area contributed by atoms with Crippen LogP contribution >= 0.6 is 0 Å². The van der Waals surface area contributed by atoms with E-state index in [1.54, 1.807) is 36.3 Å². The largest absolute Gasteiger partial charge is 0.486 e. The van der Waals surface area contributed by atoms with Crippen molar-refractivity contribution in [3.05, 3.63) is 42.0 Å². The number of aromatic nitrogens is 2. The van der Waals surface area contributed by atoms with Crippen LogP contribution in [-0.2, 0) is 13.7 Å². The first-order valence-electron chi connectivity index (χ1n) is 6.16. The zero-order valence-corrected chi connectivity index (χ0v) is 11.6. The Balaban J connectivity index is 2.02. The van der Waals surface area contributed by atoms with E-state index in [1.165, 1.54) is 12.1 Å². The van der Waals surface area contributed by atoms with Gasteiger partial charge in [0, 0.05) is 24.9 Å². The molecular weight excluding hydrogens is 287 g/mol. The number of benzene rings is 1. The molecule has 0 aliphatic rings. The van der Waals surface area contributed by atoms with Crippen LogP contribution in [0.4, 0.5) is 10.1 Å². The summed E-state index contributed by atoms with van der Waals surface area (Å²) in [7, 11) is 1.78. The average Bonchev–Trinajstić information content (AvgIpc) is 2.93. The second-order valence-electron chi connectivity index (χ2n) is 4.25. The Kier molecular flexibility index (Phi) is 4.68. The molecule has 22 heavy (non-hydrogen) atoms. The summed E-state index contributed by atoms with van der Waals surface area (Å²) in [5.41, 5.74) is 3.20. The first-order chi connectivity index (χ1) is 10.6. The number of nitrogens with one attached hydrogen (secondary N) is 1. The van der Waals surface area contributed by atoms with E-state index in [2.05, 4.69) is 15.6 Å². The van der Waals surface area contributed by atoms with Gasteiger partial charge in [-0.05, 0) is 12.1 Å². The molecule has 7 nitrogen and oxygen atoms in total. The lowest BCUT2D eigenvalue weighted by Crippen LogP contribution is -1.99. The van der Waals surface area contributed by atoms with Crippen molar-refractivity contribution < 1.29 is 9.13 Å². The van der Waals surface area contributed by atoms with E-state index >= 15 is 0 Å². The molecule has 0 radical (unpaired) electrons. The minimum Gasteiger partial charge on any atom is -0.486 e. The summed E-state index contributed by atoms with van der Waals surface area (Å²) in [5.74, 6) is -0.501. The molecule has 0 amide bonds. The summed E-state index contributed by atoms with van der Waals surface area (Å²) in [6.07, 6.45) is 3.40. The predicted molar refractivity (Wildman–Crippen MR) is 76.2 cm³/mol. The molecule has 1 aromatic heterocycles. The van der Waals surface area contributed by atoms with Crippen LogP contribution in [0.25, 0.3) is 0 Å². The van der Waals surface area contributed by atoms with Crippen LogP contribution in [0, 0.1) is 28.5 Å². The third kappa shape index (κ3) is 3.81. The molecule has 2 aromatic rings. The molecule has 1 N–H and O–H groups in total. The first kappa shape index (κ1) is 15.0. The number of hydrogen-bond donors (Lipinski definition) is 1. The fourth-order valence-corrected chi connectivity index (χ4v) is 1.59. The SMILES string of the molecule is Cn1cc(COc2ccc(NN=C(C#N)C#N)cc2F)cn1. The van der Waals surface area contributed by atoms with Gasteiger partial charge in [0.1, 0.15) is 18.7 Å². The molecule has 0 saturated carbocycles. The third-order valence-corrected chi connectivity index (χ3v) is 2.59. The van der Waals surface area contributed by atoms with Crippen LogP contribution in [0.15, 0.2) is 35.7 Å². The van der Waals surface area contributed by atoms with Gasteiger partial charge in [-0.15, -0.1) is 0 Å². The normalized spacial score (nSPS) is 9.45. The highest BCUT2D eigenvalue weighted by atomic mass is 19.1. The maximum absolute atomic E-state index is 13.9. The van der Waals surface area contributed by atoms with E-state index < -0.39 is 5.82 Å². The zero-order valence-electron chi connectivity index (χ0n) is 11.6. The Hall–Kier alpha value is -3.39. The number of halogens is 1. The highest BCUT2D eigenvalue weighted by Crippen LogP contribution is 2.22. The number of nitrogens with zero attached hydrogens (tertiary/aromatic N) is 5. The van der Waals surface area contributed by atoms with Crippen LogP contribution in [0.2, 0.25) is 0 Å². The lowest BCUT2D eigenvalue weighted by molar-refractivity contribution is 0.290. The molecule has 0 unspecified atom stereocenters. The summed E-state index contributed by atoms with van der Waals surface area (Å²) in [5, 5.41) is 24.6. The van der Waals surface area contributed by atoms with Gasteiger partial charge in [0.25, 0.3) is 0 Å². The number of rotatable bonds is 5. The minimum absolute atomic E-state index is 0.0826. The monoisotopic (exact) mass is 298 g/mol. The zero-order chi connectivity index (χ0) is 15.9. The molecule has 1 heterocycles. The smallest absolute Gasteiger partial charge is 0.237 e. The van der Waals surface area contributed by atoms with Crippen molar-refractivity contribution in [2.24, 2.45) is 12.1 Å². The van der Waals surface area contributed by atoms with Crippen LogP contribution in [-0.4, -0.2) is 15.5 Å². The van der Waals surface area contributed by atoms with Gasteiger partial charge >= 0.3 is 0 Å². The van der Waals surface area contributed by atoms with Gasteiger partial charge in [-0.2, -0.15) is 20.7 Å². The Labute approximate surface area is 125 Å². The average molecular weight is 298 g/mol. The molecule has 0 spiro atoms. The van der Waals surface area contributed by atoms with E-state index in [4.69, 9.17) is 15.3 Å². The van der Waals surface area contributed by atoms with Gasteiger partial charge in [-0.3, -0.25) is 10.1 Å². The van der Waals surface area contributed by atoms with Crippen LogP contribution < -0.4 is 10.2 Å².